The molecule has 1 aliphatic carbocycles. The third-order valence-electron chi connectivity index (χ3n) is 4.33. The predicted octanol–water partition coefficient (Wildman–Crippen LogP) is 4.01. The van der Waals surface area contributed by atoms with Gasteiger partial charge >= 0.3 is 0 Å². The van der Waals surface area contributed by atoms with Crippen molar-refractivity contribution in [3.63, 3.8) is 0 Å². The van der Waals surface area contributed by atoms with Crippen LogP contribution >= 0.6 is 11.3 Å². The quantitative estimate of drug-likeness (QED) is 0.823. The number of hydrogen-bond acceptors (Lipinski definition) is 3. The van der Waals surface area contributed by atoms with Crippen LogP contribution in [-0.2, 0) is 11.2 Å². The van der Waals surface area contributed by atoms with Crippen molar-refractivity contribution in [1.82, 2.24) is 0 Å². The first-order valence-corrected chi connectivity index (χ1v) is 8.18. The summed E-state index contributed by atoms with van der Waals surface area (Å²) in [5, 5.41) is 5.20. The van der Waals surface area contributed by atoms with E-state index < -0.39 is 0 Å². The van der Waals surface area contributed by atoms with E-state index in [2.05, 4.69) is 16.8 Å². The number of rotatable bonds is 2. The van der Waals surface area contributed by atoms with Gasteiger partial charge in [0.1, 0.15) is 0 Å². The van der Waals surface area contributed by atoms with E-state index >= 15 is 0 Å². The van der Waals surface area contributed by atoms with E-state index in [4.69, 9.17) is 5.73 Å². The Kier molecular flexibility index (Phi) is 3.72. The molecule has 1 amide bonds. The first-order valence-electron chi connectivity index (χ1n) is 7.30. The van der Waals surface area contributed by atoms with Gasteiger partial charge in [-0.25, -0.2) is 0 Å². The molecule has 3 N–H and O–H groups in total. The molecule has 0 spiro atoms. The van der Waals surface area contributed by atoms with Gasteiger partial charge in [-0.05, 0) is 67.3 Å². The average molecular weight is 300 g/mol. The van der Waals surface area contributed by atoms with Crippen LogP contribution in [0.3, 0.4) is 0 Å². The van der Waals surface area contributed by atoms with Crippen molar-refractivity contribution in [2.75, 3.05) is 11.1 Å². The number of carbonyl (C=O) groups excluding carboxylic acids is 1. The minimum atomic E-state index is -0.0276. The fraction of sp³-hybridized carbons (Fsp3) is 0.353. The van der Waals surface area contributed by atoms with Crippen LogP contribution in [0.5, 0.6) is 0 Å². The van der Waals surface area contributed by atoms with Crippen molar-refractivity contribution < 1.29 is 4.79 Å². The van der Waals surface area contributed by atoms with Crippen LogP contribution in [0.15, 0.2) is 23.6 Å². The minimum absolute atomic E-state index is 0.0276. The average Bonchev–Trinajstić information content (AvgIpc) is 2.95. The van der Waals surface area contributed by atoms with Crippen LogP contribution in [0.2, 0.25) is 0 Å². The van der Waals surface area contributed by atoms with E-state index in [9.17, 15) is 4.79 Å². The summed E-state index contributed by atoms with van der Waals surface area (Å²) >= 11 is 1.76. The molecule has 3 nitrogen and oxygen atoms in total. The van der Waals surface area contributed by atoms with Gasteiger partial charge in [0.25, 0.3) is 0 Å². The van der Waals surface area contributed by atoms with Gasteiger partial charge in [-0.3, -0.25) is 4.79 Å². The van der Waals surface area contributed by atoms with Gasteiger partial charge in [-0.15, -0.1) is 11.3 Å². The molecule has 21 heavy (non-hydrogen) atoms. The first-order chi connectivity index (χ1) is 10.1. The standard InChI is InChI=1S/C17H20N2OS/c1-10-6-7-14(18)11(2)16(10)19-17(20)13-4-3-5-15-12(13)8-9-21-15/h6-9,13H,3-5,18H2,1-2H3,(H,19,20). The van der Waals surface area contributed by atoms with E-state index in [1.807, 2.05) is 26.0 Å². The van der Waals surface area contributed by atoms with Crippen molar-refractivity contribution in [1.29, 1.82) is 0 Å². The van der Waals surface area contributed by atoms with Crippen molar-refractivity contribution >= 4 is 28.6 Å². The van der Waals surface area contributed by atoms with Gasteiger partial charge in [0.15, 0.2) is 0 Å². The van der Waals surface area contributed by atoms with Crippen LogP contribution in [0.1, 0.15) is 40.3 Å². The number of amides is 1. The number of anilines is 2. The second kappa shape index (κ2) is 5.53. The highest BCUT2D eigenvalue weighted by molar-refractivity contribution is 7.10. The van der Waals surface area contributed by atoms with Crippen LogP contribution in [0.25, 0.3) is 0 Å². The molecule has 0 saturated carbocycles. The fourth-order valence-corrected chi connectivity index (χ4v) is 4.01. The lowest BCUT2D eigenvalue weighted by Gasteiger charge is -2.23. The van der Waals surface area contributed by atoms with Crippen molar-refractivity contribution in [2.24, 2.45) is 0 Å². The lowest BCUT2D eigenvalue weighted by atomic mass is 9.87. The molecular weight excluding hydrogens is 280 g/mol. The van der Waals surface area contributed by atoms with E-state index in [1.165, 1.54) is 10.4 Å². The topological polar surface area (TPSA) is 55.1 Å². The second-order valence-corrected chi connectivity index (χ2v) is 6.71. The molecule has 110 valence electrons. The van der Waals surface area contributed by atoms with Gasteiger partial charge in [-0.2, -0.15) is 0 Å². The summed E-state index contributed by atoms with van der Waals surface area (Å²) in [7, 11) is 0. The molecule has 1 heterocycles. The van der Waals surface area contributed by atoms with Gasteiger partial charge in [-0.1, -0.05) is 6.07 Å². The number of thiophene rings is 1. The highest BCUT2D eigenvalue weighted by atomic mass is 32.1. The Labute approximate surface area is 129 Å². The summed E-state index contributed by atoms with van der Waals surface area (Å²) in [4.78, 5) is 14.1. The fourth-order valence-electron chi connectivity index (χ4n) is 3.02. The highest BCUT2D eigenvalue weighted by Gasteiger charge is 2.27. The maximum Gasteiger partial charge on any atom is 0.231 e. The van der Waals surface area contributed by atoms with Crippen LogP contribution in [0, 0.1) is 13.8 Å². The number of fused-ring (bicyclic) bond motifs is 1. The summed E-state index contributed by atoms with van der Waals surface area (Å²) < 4.78 is 0. The lowest BCUT2D eigenvalue weighted by Crippen LogP contribution is -2.24. The molecule has 0 bridgehead atoms. The number of nitrogen functional groups attached to an aromatic ring is 1. The molecule has 0 saturated heterocycles. The Morgan fingerprint density at radius 1 is 1.33 bits per heavy atom. The largest absolute Gasteiger partial charge is 0.398 e. The number of hydrogen-bond donors (Lipinski definition) is 2. The van der Waals surface area contributed by atoms with Gasteiger partial charge < -0.3 is 11.1 Å². The monoisotopic (exact) mass is 300 g/mol. The smallest absolute Gasteiger partial charge is 0.231 e. The molecule has 0 fully saturated rings. The Hall–Kier alpha value is -1.81. The number of nitrogens with two attached hydrogens (primary N) is 1. The number of aryl methyl sites for hydroxylation is 2. The Balaban J connectivity index is 1.88. The normalized spacial score (nSPS) is 17.3. The molecule has 1 aromatic heterocycles. The maximum absolute atomic E-state index is 12.7. The summed E-state index contributed by atoms with van der Waals surface area (Å²) in [5.74, 6) is 0.0615. The van der Waals surface area contributed by atoms with Crippen molar-refractivity contribution in [3.05, 3.63) is 45.1 Å². The highest BCUT2D eigenvalue weighted by Crippen LogP contribution is 2.36. The molecule has 3 rings (SSSR count). The maximum atomic E-state index is 12.7. The summed E-state index contributed by atoms with van der Waals surface area (Å²) in [6, 6.07) is 5.94. The molecule has 0 aliphatic heterocycles. The van der Waals surface area contributed by atoms with E-state index in [1.54, 1.807) is 11.3 Å². The van der Waals surface area contributed by atoms with Gasteiger partial charge in [0, 0.05) is 16.3 Å². The van der Waals surface area contributed by atoms with Crippen LogP contribution in [-0.4, -0.2) is 5.91 Å². The van der Waals surface area contributed by atoms with Crippen molar-refractivity contribution in [3.8, 4) is 0 Å². The second-order valence-electron chi connectivity index (χ2n) is 5.70. The molecule has 0 radical (unpaired) electrons. The van der Waals surface area contributed by atoms with Gasteiger partial charge in [0.05, 0.1) is 5.92 Å². The predicted molar refractivity (Wildman–Crippen MR) is 89.0 cm³/mol. The third-order valence-corrected chi connectivity index (χ3v) is 5.33. The summed E-state index contributed by atoms with van der Waals surface area (Å²) in [5.41, 5.74) is 10.7. The third kappa shape index (κ3) is 2.56. The van der Waals surface area contributed by atoms with E-state index in [0.717, 1.165) is 41.8 Å². The SMILES string of the molecule is Cc1ccc(N)c(C)c1NC(=O)C1CCCc2sccc21. The molecule has 1 atom stereocenters. The van der Waals surface area contributed by atoms with Crippen LogP contribution < -0.4 is 11.1 Å². The number of carbonyl (C=O) groups is 1. The first kappa shape index (κ1) is 14.1. The minimum Gasteiger partial charge on any atom is -0.398 e. The molecule has 4 heteroatoms. The van der Waals surface area contributed by atoms with Crippen LogP contribution in [0.4, 0.5) is 11.4 Å². The van der Waals surface area contributed by atoms with E-state index in [-0.39, 0.29) is 11.8 Å². The molecular formula is C17H20N2OS. The Morgan fingerprint density at radius 3 is 2.95 bits per heavy atom. The molecule has 1 aliphatic rings. The van der Waals surface area contributed by atoms with Crippen molar-refractivity contribution in [2.45, 2.75) is 39.0 Å². The zero-order valence-electron chi connectivity index (χ0n) is 12.4. The summed E-state index contributed by atoms with van der Waals surface area (Å²) in [6.45, 7) is 3.95. The number of nitrogens with one attached hydrogen (secondary N) is 1. The molecule has 1 unspecified atom stereocenters. The number of benzene rings is 1. The molecule has 2 aromatic rings. The van der Waals surface area contributed by atoms with E-state index in [0.29, 0.717) is 0 Å². The molecule has 1 aromatic carbocycles. The Bertz CT molecular complexity index is 690. The Morgan fingerprint density at radius 2 is 2.14 bits per heavy atom. The zero-order chi connectivity index (χ0) is 15.0. The van der Waals surface area contributed by atoms with Gasteiger partial charge in [0.2, 0.25) is 5.91 Å². The lowest BCUT2D eigenvalue weighted by molar-refractivity contribution is -0.117. The zero-order valence-corrected chi connectivity index (χ0v) is 13.2. The summed E-state index contributed by atoms with van der Waals surface area (Å²) in [6.07, 6.45) is 3.11.